The van der Waals surface area contributed by atoms with Crippen LogP contribution in [0.25, 0.3) is 0 Å². The van der Waals surface area contributed by atoms with Gasteiger partial charge in [-0.25, -0.2) is 0 Å². The SMILES string of the molecule is CC[N+](C)(CC)CC.[CH2]CCl. The number of nitrogens with zero attached hydrogens (tertiary/aromatic N) is 1. The van der Waals surface area contributed by atoms with Crippen molar-refractivity contribution in [2.24, 2.45) is 0 Å². The zero-order valence-corrected chi connectivity index (χ0v) is 9.12. The lowest BCUT2D eigenvalue weighted by Crippen LogP contribution is -2.42. The second kappa shape index (κ2) is 8.35. The summed E-state index contributed by atoms with van der Waals surface area (Å²) < 4.78 is 1.21. The van der Waals surface area contributed by atoms with Crippen LogP contribution in [0.1, 0.15) is 20.8 Å². The van der Waals surface area contributed by atoms with Gasteiger partial charge in [0.25, 0.3) is 0 Å². The molecule has 11 heavy (non-hydrogen) atoms. The van der Waals surface area contributed by atoms with E-state index in [0.717, 1.165) is 0 Å². The highest BCUT2D eigenvalue weighted by molar-refractivity contribution is 6.18. The maximum Gasteiger partial charge on any atom is 0.0755 e. The predicted octanol–water partition coefficient (Wildman–Crippen LogP) is 2.55. The van der Waals surface area contributed by atoms with Crippen molar-refractivity contribution in [2.75, 3.05) is 32.6 Å². The summed E-state index contributed by atoms with van der Waals surface area (Å²) in [5.74, 6) is 0.472. The second-order valence-electron chi connectivity index (χ2n) is 2.76. The molecule has 0 aromatic heterocycles. The molecule has 1 radical (unpaired) electrons. The third-order valence-electron chi connectivity index (χ3n) is 2.29. The van der Waals surface area contributed by atoms with E-state index < -0.39 is 0 Å². The quantitative estimate of drug-likeness (QED) is 0.462. The Morgan fingerprint density at radius 3 is 1.27 bits per heavy atom. The Hall–Kier alpha value is 0.250. The van der Waals surface area contributed by atoms with E-state index in [2.05, 4.69) is 34.7 Å². The Bertz CT molecular complexity index is 61.7. The molecule has 2 heteroatoms. The van der Waals surface area contributed by atoms with Crippen LogP contribution < -0.4 is 0 Å². The monoisotopic (exact) mass is 179 g/mol. The lowest BCUT2D eigenvalue weighted by atomic mass is 10.4. The standard InChI is InChI=1S/C7H18N.C2H4Cl/c1-5-8(4,6-2)7-3;1-2-3/h5-7H2,1-4H3;1-2H2/q+1;. The molecule has 0 aliphatic heterocycles. The molecule has 1 nitrogen and oxygen atoms in total. The summed E-state index contributed by atoms with van der Waals surface area (Å²) in [4.78, 5) is 0. The van der Waals surface area contributed by atoms with Gasteiger partial charge >= 0.3 is 0 Å². The van der Waals surface area contributed by atoms with Crippen molar-refractivity contribution in [3.05, 3.63) is 6.92 Å². The van der Waals surface area contributed by atoms with E-state index in [9.17, 15) is 0 Å². The highest BCUT2D eigenvalue weighted by atomic mass is 35.5. The number of hydrogen-bond acceptors (Lipinski definition) is 0. The van der Waals surface area contributed by atoms with Crippen LogP contribution in [0.3, 0.4) is 0 Å². The fraction of sp³-hybridized carbons (Fsp3) is 0.889. The van der Waals surface area contributed by atoms with Crippen LogP contribution in [0.5, 0.6) is 0 Å². The Labute approximate surface area is 76.9 Å². The summed E-state index contributed by atoms with van der Waals surface area (Å²) in [6, 6.07) is 0. The molecule has 0 bridgehead atoms. The van der Waals surface area contributed by atoms with Gasteiger partial charge < -0.3 is 4.48 Å². The third kappa shape index (κ3) is 8.15. The summed E-state index contributed by atoms with van der Waals surface area (Å²) in [5.41, 5.74) is 0. The van der Waals surface area contributed by atoms with E-state index in [4.69, 9.17) is 11.6 Å². The van der Waals surface area contributed by atoms with Crippen LogP contribution in [0.4, 0.5) is 0 Å². The molecule has 0 rings (SSSR count). The van der Waals surface area contributed by atoms with Gasteiger partial charge in [0.1, 0.15) is 0 Å². The molecule has 0 unspecified atom stereocenters. The average molecular weight is 180 g/mol. The summed E-state index contributed by atoms with van der Waals surface area (Å²) in [5, 5.41) is 0. The van der Waals surface area contributed by atoms with Crippen LogP contribution in [0, 0.1) is 6.92 Å². The van der Waals surface area contributed by atoms with Crippen LogP contribution in [0.15, 0.2) is 0 Å². The van der Waals surface area contributed by atoms with Crippen LogP contribution in [-0.2, 0) is 0 Å². The van der Waals surface area contributed by atoms with Crippen LogP contribution >= 0.6 is 11.6 Å². The van der Waals surface area contributed by atoms with E-state index >= 15 is 0 Å². The second-order valence-corrected chi connectivity index (χ2v) is 3.14. The maximum absolute atomic E-state index is 4.89. The Morgan fingerprint density at radius 1 is 1.09 bits per heavy atom. The lowest BCUT2D eigenvalue weighted by molar-refractivity contribution is -0.904. The molecule has 69 valence electrons. The van der Waals surface area contributed by atoms with E-state index in [0.29, 0.717) is 5.88 Å². The topological polar surface area (TPSA) is 0 Å². The van der Waals surface area contributed by atoms with Crippen molar-refractivity contribution in [3.8, 4) is 0 Å². The van der Waals surface area contributed by atoms with Crippen molar-refractivity contribution in [1.29, 1.82) is 0 Å². The Kier molecular flexibility index (Phi) is 10.5. The third-order valence-corrected chi connectivity index (χ3v) is 2.29. The molecule has 0 aliphatic carbocycles. The van der Waals surface area contributed by atoms with Gasteiger partial charge in [-0.3, -0.25) is 0 Å². The molecule has 0 amide bonds. The molecule has 0 aromatic rings. The highest BCUT2D eigenvalue weighted by Crippen LogP contribution is 1.97. The lowest BCUT2D eigenvalue weighted by Gasteiger charge is -2.30. The van der Waals surface area contributed by atoms with Gasteiger partial charge in [-0.1, -0.05) is 0 Å². The number of halogens is 1. The molecule has 0 saturated carbocycles. The first kappa shape index (κ1) is 13.8. The molecule has 0 fully saturated rings. The smallest absolute Gasteiger partial charge is 0.0755 e. The van der Waals surface area contributed by atoms with E-state index in [1.54, 1.807) is 0 Å². The van der Waals surface area contributed by atoms with Crippen molar-refractivity contribution in [2.45, 2.75) is 20.8 Å². The molecule has 0 spiro atoms. The van der Waals surface area contributed by atoms with Gasteiger partial charge in [0.05, 0.1) is 26.7 Å². The summed E-state index contributed by atoms with van der Waals surface area (Å²) >= 11 is 4.89. The Morgan fingerprint density at radius 2 is 1.27 bits per heavy atom. The largest absolute Gasteiger partial charge is 0.327 e. The van der Waals surface area contributed by atoms with Gasteiger partial charge in [0, 0.05) is 5.88 Å². The van der Waals surface area contributed by atoms with Gasteiger partial charge in [0.15, 0.2) is 0 Å². The van der Waals surface area contributed by atoms with E-state index in [-0.39, 0.29) is 0 Å². The van der Waals surface area contributed by atoms with Gasteiger partial charge in [-0.15, -0.1) is 11.6 Å². The summed E-state index contributed by atoms with van der Waals surface area (Å²) in [6.45, 7) is 13.8. The maximum atomic E-state index is 4.89. The van der Waals surface area contributed by atoms with Crippen LogP contribution in [-0.4, -0.2) is 37.0 Å². The van der Waals surface area contributed by atoms with Crippen molar-refractivity contribution < 1.29 is 4.48 Å². The number of rotatable bonds is 3. The van der Waals surface area contributed by atoms with Crippen molar-refractivity contribution in [3.63, 3.8) is 0 Å². The van der Waals surface area contributed by atoms with Crippen molar-refractivity contribution >= 4 is 11.6 Å². The molecular formula is C9H22ClN+. The zero-order valence-electron chi connectivity index (χ0n) is 8.36. The first-order valence-electron chi connectivity index (χ1n) is 4.28. The molecule has 0 saturated heterocycles. The molecule has 0 heterocycles. The first-order chi connectivity index (χ1) is 5.10. The minimum Gasteiger partial charge on any atom is -0.327 e. The summed E-state index contributed by atoms with van der Waals surface area (Å²) in [6.07, 6.45) is 0. The molecule has 0 aliphatic rings. The zero-order chi connectivity index (χ0) is 9.33. The van der Waals surface area contributed by atoms with Gasteiger partial charge in [0.2, 0.25) is 0 Å². The predicted molar refractivity (Wildman–Crippen MR) is 53.9 cm³/mol. The van der Waals surface area contributed by atoms with E-state index in [1.807, 2.05) is 0 Å². The fourth-order valence-electron chi connectivity index (χ4n) is 0.671. The molecule has 0 aromatic carbocycles. The molecule has 0 atom stereocenters. The average Bonchev–Trinajstić information content (AvgIpc) is 2.05. The Balaban J connectivity index is 0. The van der Waals surface area contributed by atoms with E-state index in [1.165, 1.54) is 24.1 Å². The van der Waals surface area contributed by atoms with Crippen LogP contribution in [0.2, 0.25) is 0 Å². The number of quaternary nitrogens is 1. The minimum absolute atomic E-state index is 0.472. The number of hydrogen-bond donors (Lipinski definition) is 0. The minimum atomic E-state index is 0.472. The summed E-state index contributed by atoms with van der Waals surface area (Å²) in [7, 11) is 2.29. The molecule has 0 N–H and O–H groups in total. The van der Waals surface area contributed by atoms with Gasteiger partial charge in [-0.05, 0) is 27.7 Å². The normalized spacial score (nSPS) is 10.4. The van der Waals surface area contributed by atoms with Crippen molar-refractivity contribution in [1.82, 2.24) is 0 Å². The van der Waals surface area contributed by atoms with Gasteiger partial charge in [-0.2, -0.15) is 0 Å². The fourth-order valence-corrected chi connectivity index (χ4v) is 0.671. The number of alkyl halides is 1. The molecular weight excluding hydrogens is 158 g/mol. The highest BCUT2D eigenvalue weighted by Gasteiger charge is 2.10. The first-order valence-corrected chi connectivity index (χ1v) is 4.82.